The van der Waals surface area contributed by atoms with Gasteiger partial charge in [0, 0.05) is 23.3 Å². The van der Waals surface area contributed by atoms with E-state index in [0.717, 1.165) is 56.0 Å². The van der Waals surface area contributed by atoms with Gasteiger partial charge in [-0.1, -0.05) is 122 Å². The van der Waals surface area contributed by atoms with Crippen molar-refractivity contribution in [2.75, 3.05) is 13.6 Å². The Labute approximate surface area is 469 Å². The van der Waals surface area contributed by atoms with Crippen molar-refractivity contribution in [3.63, 3.8) is 0 Å². The van der Waals surface area contributed by atoms with E-state index in [1.165, 1.54) is 24.3 Å². The first kappa shape index (κ1) is 54.0. The van der Waals surface area contributed by atoms with E-state index in [2.05, 4.69) is 13.2 Å². The Morgan fingerprint density at radius 3 is 0.951 bits per heavy atom. The standard InChI is InChI=1S/C68H46O14/c1-3-61(69)77-41-75-53-31-25-51(26-32-53)65(71)79-55-35-21-45(22-36-55)43-13-17-49(18-14-43)67(73)81-59-39-29-47-9-5-7-11-57(47)63(59)64-58-12-8-6-10-48(58)30-40-60(64)82-68(74)50-19-15-44(16-20-50)46-23-37-56(38-24-46)80-66(72)52-27-33-54(34-28-52)76-42-78-62(70)4-2/h3-40H,1-2,41-42H2. The van der Waals surface area contributed by atoms with Crippen LogP contribution in [-0.4, -0.2) is 49.4 Å². The molecule has 10 aromatic carbocycles. The molecule has 0 unspecified atom stereocenters. The fraction of sp³-hybridized carbons (Fsp3) is 0.0294. The summed E-state index contributed by atoms with van der Waals surface area (Å²) in [6.45, 7) is 6.05. The van der Waals surface area contributed by atoms with Gasteiger partial charge in [-0.25, -0.2) is 28.8 Å². The Bertz CT molecular complexity index is 3770. The van der Waals surface area contributed by atoms with Crippen molar-refractivity contribution >= 4 is 57.4 Å². The molecule has 0 radical (unpaired) electrons. The van der Waals surface area contributed by atoms with Crippen molar-refractivity contribution in [1.82, 2.24) is 0 Å². The van der Waals surface area contributed by atoms with E-state index in [4.69, 9.17) is 37.9 Å². The molecule has 0 amide bonds. The van der Waals surface area contributed by atoms with E-state index in [0.29, 0.717) is 34.1 Å². The summed E-state index contributed by atoms with van der Waals surface area (Å²) >= 11 is 0. The van der Waals surface area contributed by atoms with Crippen molar-refractivity contribution in [3.8, 4) is 67.9 Å². The predicted octanol–water partition coefficient (Wildman–Crippen LogP) is 14.0. The van der Waals surface area contributed by atoms with Gasteiger partial charge in [0.15, 0.2) is 0 Å². The van der Waals surface area contributed by atoms with Crippen LogP contribution in [0.3, 0.4) is 0 Å². The van der Waals surface area contributed by atoms with Crippen LogP contribution < -0.4 is 28.4 Å². The largest absolute Gasteiger partial charge is 0.457 e. The van der Waals surface area contributed by atoms with E-state index in [-0.39, 0.29) is 47.3 Å². The van der Waals surface area contributed by atoms with Gasteiger partial charge in [0.1, 0.15) is 34.5 Å². The topological polar surface area (TPSA) is 176 Å². The lowest BCUT2D eigenvalue weighted by atomic mass is 9.92. The monoisotopic (exact) mass is 1090 g/mol. The third-order valence-corrected chi connectivity index (χ3v) is 12.8. The van der Waals surface area contributed by atoms with E-state index in [9.17, 15) is 28.8 Å². The number of ether oxygens (including phenoxy) is 8. The molecule has 10 aromatic rings. The summed E-state index contributed by atoms with van der Waals surface area (Å²) in [4.78, 5) is 76.5. The minimum atomic E-state index is -0.619. The normalized spacial score (nSPS) is 10.7. The first-order chi connectivity index (χ1) is 40.0. The van der Waals surface area contributed by atoms with E-state index < -0.39 is 35.8 Å². The smallest absolute Gasteiger partial charge is 0.343 e. The van der Waals surface area contributed by atoms with Crippen LogP contribution in [0.1, 0.15) is 41.4 Å². The Balaban J connectivity index is 0.819. The van der Waals surface area contributed by atoms with Gasteiger partial charge < -0.3 is 37.9 Å². The van der Waals surface area contributed by atoms with Crippen molar-refractivity contribution in [3.05, 3.63) is 266 Å². The number of fused-ring (bicyclic) bond motifs is 2. The number of carbonyl (C=O) groups excluding carboxylic acids is 6. The maximum absolute atomic E-state index is 14.1. The number of benzene rings is 10. The third kappa shape index (κ3) is 12.8. The molecule has 0 atom stereocenters. The molecule has 10 rings (SSSR count). The molecule has 0 fully saturated rings. The van der Waals surface area contributed by atoms with Gasteiger partial charge >= 0.3 is 35.8 Å². The summed E-state index contributed by atoms with van der Waals surface area (Å²) in [5.74, 6) is -1.71. The van der Waals surface area contributed by atoms with Gasteiger partial charge in [-0.3, -0.25) is 0 Å². The van der Waals surface area contributed by atoms with Gasteiger partial charge in [-0.05, 0) is 153 Å². The molecule has 402 valence electrons. The summed E-state index contributed by atoms with van der Waals surface area (Å²) in [6, 6.07) is 62.7. The molecule has 0 bridgehead atoms. The van der Waals surface area contributed by atoms with E-state index in [1.807, 2.05) is 60.7 Å². The molecule has 0 aliphatic heterocycles. The first-order valence-corrected chi connectivity index (χ1v) is 25.4. The zero-order valence-electron chi connectivity index (χ0n) is 43.5. The maximum Gasteiger partial charge on any atom is 0.343 e. The second kappa shape index (κ2) is 25.0. The maximum atomic E-state index is 14.1. The van der Waals surface area contributed by atoms with Gasteiger partial charge in [-0.15, -0.1) is 0 Å². The lowest BCUT2D eigenvalue weighted by molar-refractivity contribution is -0.145. The highest BCUT2D eigenvalue weighted by Gasteiger charge is 2.24. The second-order valence-corrected chi connectivity index (χ2v) is 18.0. The number of carbonyl (C=O) groups is 6. The number of hydrogen-bond acceptors (Lipinski definition) is 14. The molecule has 0 aliphatic rings. The summed E-state index contributed by atoms with van der Waals surface area (Å²) in [7, 11) is 0. The Morgan fingerprint density at radius 1 is 0.317 bits per heavy atom. The average molecular weight is 1090 g/mol. The zero-order valence-corrected chi connectivity index (χ0v) is 43.5. The van der Waals surface area contributed by atoms with Crippen LogP contribution in [0.2, 0.25) is 0 Å². The van der Waals surface area contributed by atoms with Crippen LogP contribution in [0, 0.1) is 0 Å². The first-order valence-electron chi connectivity index (χ1n) is 25.4. The van der Waals surface area contributed by atoms with Gasteiger partial charge in [0.05, 0.1) is 22.3 Å². The average Bonchev–Trinajstić information content (AvgIpc) is 3.27. The molecule has 0 saturated heterocycles. The predicted molar refractivity (Wildman–Crippen MR) is 307 cm³/mol. The van der Waals surface area contributed by atoms with E-state index in [1.54, 1.807) is 133 Å². The third-order valence-electron chi connectivity index (χ3n) is 12.8. The highest BCUT2D eigenvalue weighted by atomic mass is 16.7. The molecule has 82 heavy (non-hydrogen) atoms. The van der Waals surface area contributed by atoms with Crippen molar-refractivity contribution in [2.24, 2.45) is 0 Å². The second-order valence-electron chi connectivity index (χ2n) is 18.0. The SMILES string of the molecule is C=CC(=O)OCOc1ccc(C(=O)Oc2ccc(-c3ccc(C(=O)Oc4ccc5ccccc5c4-c4c(OC(=O)c5ccc(-c6ccc(OC(=O)c7ccc(OCOC(=O)C=C)cc7)cc6)cc5)ccc5ccccc45)cc3)cc2)cc1. The fourth-order valence-electron chi connectivity index (χ4n) is 8.67. The highest BCUT2D eigenvalue weighted by molar-refractivity contribution is 6.11. The Morgan fingerprint density at radius 2 is 0.610 bits per heavy atom. The molecule has 0 spiro atoms. The van der Waals surface area contributed by atoms with Crippen molar-refractivity contribution < 1.29 is 66.7 Å². The molecule has 0 saturated carbocycles. The lowest BCUT2D eigenvalue weighted by Gasteiger charge is -2.19. The van der Waals surface area contributed by atoms with Crippen molar-refractivity contribution in [2.45, 2.75) is 0 Å². The number of rotatable bonds is 19. The van der Waals surface area contributed by atoms with Crippen molar-refractivity contribution in [1.29, 1.82) is 0 Å². The van der Waals surface area contributed by atoms with Gasteiger partial charge in [-0.2, -0.15) is 0 Å². The Hall–Kier alpha value is -11.4. The molecular formula is C68H46O14. The molecular weight excluding hydrogens is 1040 g/mol. The molecule has 14 heteroatoms. The minimum absolute atomic E-state index is 0.249. The van der Waals surface area contributed by atoms with Crippen LogP contribution in [0.25, 0.3) is 54.9 Å². The minimum Gasteiger partial charge on any atom is -0.457 e. The molecule has 0 N–H and O–H groups in total. The molecule has 14 nitrogen and oxygen atoms in total. The Kier molecular flexibility index (Phi) is 16.4. The summed E-state index contributed by atoms with van der Waals surface area (Å²) in [6.07, 6.45) is 2.05. The summed E-state index contributed by atoms with van der Waals surface area (Å²) in [5, 5.41) is 3.25. The molecule has 0 heterocycles. The lowest BCUT2D eigenvalue weighted by Crippen LogP contribution is -2.11. The fourth-order valence-corrected chi connectivity index (χ4v) is 8.67. The summed E-state index contributed by atoms with van der Waals surface area (Å²) < 4.78 is 44.1. The van der Waals surface area contributed by atoms with Gasteiger partial charge in [0.25, 0.3) is 0 Å². The van der Waals surface area contributed by atoms with Crippen LogP contribution in [0.4, 0.5) is 0 Å². The van der Waals surface area contributed by atoms with Crippen LogP contribution in [-0.2, 0) is 19.1 Å². The highest BCUT2D eigenvalue weighted by Crippen LogP contribution is 2.46. The van der Waals surface area contributed by atoms with Crippen LogP contribution in [0.15, 0.2) is 244 Å². The van der Waals surface area contributed by atoms with Crippen LogP contribution in [0.5, 0.6) is 34.5 Å². The van der Waals surface area contributed by atoms with E-state index >= 15 is 0 Å². The zero-order chi connectivity index (χ0) is 57.0. The number of hydrogen-bond donors (Lipinski definition) is 0. The summed E-state index contributed by atoms with van der Waals surface area (Å²) in [5.41, 5.74) is 5.44. The molecule has 0 aromatic heterocycles. The van der Waals surface area contributed by atoms with Crippen LogP contribution >= 0.6 is 0 Å². The quantitative estimate of drug-likeness (QED) is 0.0323. The number of esters is 6. The molecule has 0 aliphatic carbocycles. The van der Waals surface area contributed by atoms with Gasteiger partial charge in [0.2, 0.25) is 13.6 Å².